The quantitative estimate of drug-likeness (QED) is 0.857. The third kappa shape index (κ3) is 4.96. The van der Waals surface area contributed by atoms with Crippen molar-refractivity contribution in [1.82, 2.24) is 0 Å². The Bertz CT molecular complexity index is 841. The molecule has 0 aromatic heterocycles. The molecule has 0 fully saturated rings. The van der Waals surface area contributed by atoms with Crippen LogP contribution in [0.3, 0.4) is 0 Å². The van der Waals surface area contributed by atoms with Crippen molar-refractivity contribution >= 4 is 27.3 Å². The number of hydrogen-bond donors (Lipinski definition) is 1. The molecule has 2 aromatic rings. The van der Waals surface area contributed by atoms with Gasteiger partial charge in [-0.2, -0.15) is 0 Å². The molecule has 0 aliphatic heterocycles. The van der Waals surface area contributed by atoms with Crippen LogP contribution >= 0.6 is 0 Å². The average Bonchev–Trinajstić information content (AvgIpc) is 2.55. The molecule has 7 heteroatoms. The summed E-state index contributed by atoms with van der Waals surface area (Å²) in [5.41, 5.74) is 3.29. The summed E-state index contributed by atoms with van der Waals surface area (Å²) >= 11 is 0. The Kier molecular flexibility index (Phi) is 5.69. The number of sulfonamides is 1. The van der Waals surface area contributed by atoms with E-state index < -0.39 is 10.0 Å². The number of para-hydroxylation sites is 1. The number of nitrogens with zero attached hydrogens (tertiary/aromatic N) is 1. The first-order valence-electron chi connectivity index (χ1n) is 7.71. The number of benzene rings is 2. The zero-order valence-electron chi connectivity index (χ0n) is 14.7. The topological polar surface area (TPSA) is 75.7 Å². The molecule has 0 atom stereocenters. The van der Waals surface area contributed by atoms with Gasteiger partial charge >= 0.3 is 0 Å². The van der Waals surface area contributed by atoms with E-state index in [2.05, 4.69) is 5.32 Å². The highest BCUT2D eigenvalue weighted by Gasteiger charge is 2.12. The largest absolute Gasteiger partial charge is 0.484 e. The van der Waals surface area contributed by atoms with Gasteiger partial charge in [0.2, 0.25) is 10.0 Å². The van der Waals surface area contributed by atoms with Gasteiger partial charge in [0.25, 0.3) is 5.91 Å². The standard InChI is InChI=1S/C18H22N2O4S/c1-13-6-5-7-14(2)18(13)19-17(21)12-24-16-10-8-15(9-11-16)20(3)25(4,22)23/h5-11H,12H2,1-4H3,(H,19,21). The number of anilines is 2. The smallest absolute Gasteiger partial charge is 0.262 e. The van der Waals surface area contributed by atoms with Gasteiger partial charge in [-0.15, -0.1) is 0 Å². The van der Waals surface area contributed by atoms with E-state index in [9.17, 15) is 13.2 Å². The van der Waals surface area contributed by atoms with Gasteiger partial charge in [-0.3, -0.25) is 9.10 Å². The van der Waals surface area contributed by atoms with Crippen molar-refractivity contribution in [2.24, 2.45) is 0 Å². The molecule has 0 saturated carbocycles. The Labute approximate surface area is 148 Å². The molecule has 0 heterocycles. The third-order valence-corrected chi connectivity index (χ3v) is 5.02. The van der Waals surface area contributed by atoms with Gasteiger partial charge in [0.15, 0.2) is 6.61 Å². The number of hydrogen-bond acceptors (Lipinski definition) is 4. The number of rotatable bonds is 6. The summed E-state index contributed by atoms with van der Waals surface area (Å²) < 4.78 is 29.6. The van der Waals surface area contributed by atoms with Gasteiger partial charge in [-0.1, -0.05) is 18.2 Å². The molecule has 0 unspecified atom stereocenters. The van der Waals surface area contributed by atoms with Crippen LogP contribution < -0.4 is 14.4 Å². The van der Waals surface area contributed by atoms with Crippen molar-refractivity contribution in [2.45, 2.75) is 13.8 Å². The number of carbonyl (C=O) groups excluding carboxylic acids is 1. The lowest BCUT2D eigenvalue weighted by atomic mass is 10.1. The van der Waals surface area contributed by atoms with E-state index in [0.717, 1.165) is 23.1 Å². The summed E-state index contributed by atoms with van der Waals surface area (Å²) in [6, 6.07) is 12.3. The first-order chi connectivity index (χ1) is 11.7. The maximum atomic E-state index is 12.1. The third-order valence-electron chi connectivity index (χ3n) is 3.81. The highest BCUT2D eigenvalue weighted by atomic mass is 32.2. The van der Waals surface area contributed by atoms with E-state index >= 15 is 0 Å². The van der Waals surface area contributed by atoms with Crippen LogP contribution in [0.5, 0.6) is 5.75 Å². The summed E-state index contributed by atoms with van der Waals surface area (Å²) in [7, 11) is -1.83. The zero-order valence-corrected chi connectivity index (χ0v) is 15.6. The van der Waals surface area contributed by atoms with Crippen LogP contribution in [0, 0.1) is 13.8 Å². The lowest BCUT2D eigenvalue weighted by Gasteiger charge is -2.17. The van der Waals surface area contributed by atoms with Crippen LogP contribution in [-0.4, -0.2) is 34.2 Å². The minimum absolute atomic E-state index is 0.130. The maximum absolute atomic E-state index is 12.1. The molecule has 0 saturated heterocycles. The molecule has 25 heavy (non-hydrogen) atoms. The van der Waals surface area contributed by atoms with Gasteiger partial charge < -0.3 is 10.1 Å². The fraction of sp³-hybridized carbons (Fsp3) is 0.278. The van der Waals surface area contributed by atoms with E-state index in [0.29, 0.717) is 11.4 Å². The Morgan fingerprint density at radius 2 is 1.64 bits per heavy atom. The van der Waals surface area contributed by atoms with E-state index in [1.54, 1.807) is 24.3 Å². The van der Waals surface area contributed by atoms with Crippen LogP contribution in [0.2, 0.25) is 0 Å². The molecule has 6 nitrogen and oxygen atoms in total. The molecular weight excluding hydrogens is 340 g/mol. The lowest BCUT2D eigenvalue weighted by molar-refractivity contribution is -0.118. The van der Waals surface area contributed by atoms with Crippen molar-refractivity contribution in [1.29, 1.82) is 0 Å². The predicted molar refractivity (Wildman–Crippen MR) is 99.7 cm³/mol. The summed E-state index contributed by atoms with van der Waals surface area (Å²) in [5.74, 6) is 0.233. The molecular formula is C18H22N2O4S. The van der Waals surface area contributed by atoms with Crippen LogP contribution in [0.25, 0.3) is 0 Å². The van der Waals surface area contributed by atoms with Crippen LogP contribution in [0.1, 0.15) is 11.1 Å². The summed E-state index contributed by atoms with van der Waals surface area (Å²) in [5, 5.41) is 2.85. The van der Waals surface area contributed by atoms with Crippen LogP contribution in [0.15, 0.2) is 42.5 Å². The summed E-state index contributed by atoms with van der Waals surface area (Å²) in [6.07, 6.45) is 1.13. The van der Waals surface area contributed by atoms with Gasteiger partial charge in [0.05, 0.1) is 11.9 Å². The number of ether oxygens (including phenoxy) is 1. The Balaban J connectivity index is 1.96. The van der Waals surface area contributed by atoms with E-state index in [4.69, 9.17) is 4.74 Å². The number of amides is 1. The first-order valence-corrected chi connectivity index (χ1v) is 9.56. The van der Waals surface area contributed by atoms with Crippen molar-refractivity contribution in [2.75, 3.05) is 29.5 Å². The van der Waals surface area contributed by atoms with Gasteiger partial charge in [0.1, 0.15) is 5.75 Å². The lowest BCUT2D eigenvalue weighted by Crippen LogP contribution is -2.24. The molecule has 1 amide bonds. The van der Waals surface area contributed by atoms with Gasteiger partial charge in [-0.05, 0) is 49.2 Å². The highest BCUT2D eigenvalue weighted by Crippen LogP contribution is 2.21. The van der Waals surface area contributed by atoms with Gasteiger partial charge in [0, 0.05) is 12.7 Å². The second-order valence-corrected chi connectivity index (χ2v) is 7.84. The Hall–Kier alpha value is -2.54. The summed E-state index contributed by atoms with van der Waals surface area (Å²) in [4.78, 5) is 12.1. The van der Waals surface area contributed by atoms with Crippen LogP contribution in [0.4, 0.5) is 11.4 Å². The monoisotopic (exact) mass is 362 g/mol. The maximum Gasteiger partial charge on any atom is 0.262 e. The predicted octanol–water partition coefficient (Wildman–Crippen LogP) is 2.72. The highest BCUT2D eigenvalue weighted by molar-refractivity contribution is 7.92. The van der Waals surface area contributed by atoms with Gasteiger partial charge in [-0.25, -0.2) is 8.42 Å². The molecule has 0 spiro atoms. The van der Waals surface area contributed by atoms with Crippen molar-refractivity contribution in [3.8, 4) is 5.75 Å². The van der Waals surface area contributed by atoms with E-state index in [1.807, 2.05) is 32.0 Å². The summed E-state index contributed by atoms with van der Waals surface area (Å²) in [6.45, 7) is 3.73. The second-order valence-electron chi connectivity index (χ2n) is 5.83. The Morgan fingerprint density at radius 1 is 1.08 bits per heavy atom. The Morgan fingerprint density at radius 3 is 2.16 bits per heavy atom. The number of aryl methyl sites for hydroxylation is 2. The minimum atomic E-state index is -3.31. The molecule has 134 valence electrons. The van der Waals surface area contributed by atoms with E-state index in [1.165, 1.54) is 11.4 Å². The fourth-order valence-corrected chi connectivity index (χ4v) is 2.78. The first kappa shape index (κ1) is 18.8. The fourth-order valence-electron chi connectivity index (χ4n) is 2.28. The minimum Gasteiger partial charge on any atom is -0.484 e. The number of carbonyl (C=O) groups is 1. The molecule has 0 aliphatic carbocycles. The van der Waals surface area contributed by atoms with Crippen LogP contribution in [-0.2, 0) is 14.8 Å². The van der Waals surface area contributed by atoms with E-state index in [-0.39, 0.29) is 12.5 Å². The normalized spacial score (nSPS) is 11.0. The molecule has 0 bridgehead atoms. The SMILES string of the molecule is Cc1cccc(C)c1NC(=O)COc1ccc(N(C)S(C)(=O)=O)cc1. The molecule has 2 aromatic carbocycles. The molecule has 0 radical (unpaired) electrons. The van der Waals surface area contributed by atoms with Crippen molar-refractivity contribution in [3.63, 3.8) is 0 Å². The molecule has 1 N–H and O–H groups in total. The second kappa shape index (κ2) is 7.57. The molecule has 2 rings (SSSR count). The molecule has 0 aliphatic rings. The van der Waals surface area contributed by atoms with Crippen molar-refractivity contribution < 1.29 is 17.9 Å². The van der Waals surface area contributed by atoms with Crippen molar-refractivity contribution in [3.05, 3.63) is 53.6 Å². The zero-order chi connectivity index (χ0) is 18.6. The number of nitrogens with one attached hydrogen (secondary N) is 1. The average molecular weight is 362 g/mol.